The molecule has 2 atom stereocenters. The number of aromatic nitrogens is 4. The van der Waals surface area contributed by atoms with Gasteiger partial charge in [-0.3, -0.25) is 9.48 Å². The Labute approximate surface area is 139 Å². The Morgan fingerprint density at radius 2 is 2.17 bits per heavy atom. The third-order valence-electron chi connectivity index (χ3n) is 4.81. The van der Waals surface area contributed by atoms with Crippen molar-refractivity contribution in [2.24, 2.45) is 7.05 Å². The highest BCUT2D eigenvalue weighted by Crippen LogP contribution is 2.41. The van der Waals surface area contributed by atoms with E-state index in [0.29, 0.717) is 18.7 Å². The van der Waals surface area contributed by atoms with Crippen LogP contribution in [0.25, 0.3) is 0 Å². The minimum Gasteiger partial charge on any atom is -0.311 e. The van der Waals surface area contributed by atoms with E-state index in [1.807, 2.05) is 20.2 Å². The molecule has 9 heteroatoms. The van der Waals surface area contributed by atoms with E-state index in [-0.39, 0.29) is 29.4 Å². The molecule has 2 aliphatic rings. The molecule has 0 radical (unpaired) electrons. The van der Waals surface area contributed by atoms with E-state index < -0.39 is 9.84 Å². The van der Waals surface area contributed by atoms with Crippen LogP contribution in [0.15, 0.2) is 12.4 Å². The quantitative estimate of drug-likeness (QED) is 0.863. The Morgan fingerprint density at radius 3 is 2.79 bits per heavy atom. The molecule has 0 bridgehead atoms. The molecule has 2 aliphatic heterocycles. The fourth-order valence-corrected chi connectivity index (χ4v) is 5.40. The maximum Gasteiger partial charge on any atom is 0.226 e. The van der Waals surface area contributed by atoms with Crippen LogP contribution in [0.3, 0.4) is 0 Å². The fourth-order valence-electron chi connectivity index (χ4n) is 3.71. The molecule has 2 aromatic rings. The van der Waals surface area contributed by atoms with Gasteiger partial charge < -0.3 is 5.32 Å². The summed E-state index contributed by atoms with van der Waals surface area (Å²) in [6, 6.07) is -0.217. The first-order chi connectivity index (χ1) is 11.3. The number of fused-ring (bicyclic) bond motifs is 1. The number of hydrogen-bond acceptors (Lipinski definition) is 5. The minimum atomic E-state index is -3.02. The summed E-state index contributed by atoms with van der Waals surface area (Å²) < 4.78 is 27.0. The number of rotatable bonds is 2. The Kier molecular flexibility index (Phi) is 3.31. The van der Waals surface area contributed by atoms with Crippen molar-refractivity contribution in [2.45, 2.75) is 31.7 Å². The zero-order chi connectivity index (χ0) is 17.1. The third-order valence-corrected chi connectivity index (χ3v) is 6.56. The summed E-state index contributed by atoms with van der Waals surface area (Å²) in [5.41, 5.74) is 2.75. The summed E-state index contributed by atoms with van der Waals surface area (Å²) in [6.07, 6.45) is 4.55. The predicted octanol–water partition coefficient (Wildman–Crippen LogP) is 0.759. The van der Waals surface area contributed by atoms with Crippen LogP contribution in [0.5, 0.6) is 0 Å². The van der Waals surface area contributed by atoms with Gasteiger partial charge in [-0.25, -0.2) is 13.1 Å². The number of anilines is 1. The van der Waals surface area contributed by atoms with Crippen LogP contribution in [-0.4, -0.2) is 45.4 Å². The molecular formula is C15H19N5O3S. The van der Waals surface area contributed by atoms with Crippen molar-refractivity contribution in [2.75, 3.05) is 16.8 Å². The second-order valence-electron chi connectivity index (χ2n) is 6.60. The van der Waals surface area contributed by atoms with Crippen molar-refractivity contribution in [3.63, 3.8) is 0 Å². The van der Waals surface area contributed by atoms with Gasteiger partial charge in [-0.1, -0.05) is 0 Å². The lowest BCUT2D eigenvalue weighted by molar-refractivity contribution is -0.116. The summed E-state index contributed by atoms with van der Waals surface area (Å²) in [7, 11) is -1.18. The number of amides is 1. The lowest BCUT2D eigenvalue weighted by Gasteiger charge is -2.24. The van der Waals surface area contributed by atoms with Crippen molar-refractivity contribution in [3.05, 3.63) is 29.2 Å². The summed E-state index contributed by atoms with van der Waals surface area (Å²) >= 11 is 0. The summed E-state index contributed by atoms with van der Waals surface area (Å²) in [6.45, 7) is 1.90. The van der Waals surface area contributed by atoms with E-state index >= 15 is 0 Å². The molecule has 1 amide bonds. The lowest BCUT2D eigenvalue weighted by Crippen LogP contribution is -2.26. The van der Waals surface area contributed by atoms with Crippen LogP contribution < -0.4 is 5.32 Å². The van der Waals surface area contributed by atoms with Crippen molar-refractivity contribution in [3.8, 4) is 0 Å². The average Bonchev–Trinajstić information content (AvgIpc) is 3.17. The number of carbonyl (C=O) groups excluding carboxylic acids is 1. The molecule has 0 unspecified atom stereocenters. The molecule has 0 aromatic carbocycles. The van der Waals surface area contributed by atoms with Gasteiger partial charge in [0, 0.05) is 31.1 Å². The molecule has 24 heavy (non-hydrogen) atoms. The summed E-state index contributed by atoms with van der Waals surface area (Å²) in [4.78, 5) is 12.2. The van der Waals surface area contributed by atoms with Crippen LogP contribution in [0.4, 0.5) is 5.82 Å². The van der Waals surface area contributed by atoms with Gasteiger partial charge in [0.2, 0.25) is 5.91 Å². The highest BCUT2D eigenvalue weighted by Gasteiger charge is 2.37. The van der Waals surface area contributed by atoms with Gasteiger partial charge in [0.05, 0.1) is 29.4 Å². The average molecular weight is 349 g/mol. The standard InChI is InChI=1S/C15H19N5O3S/c1-9-14-12(10-6-16-19(2)7-10)5-13(21)17-15(14)20(18-9)11-3-4-24(22,23)8-11/h6-7,11-12H,3-5,8H2,1-2H3,(H,17,21)/t11-,12-/m0/s1. The van der Waals surface area contributed by atoms with E-state index in [0.717, 1.165) is 16.8 Å². The first kappa shape index (κ1) is 15.4. The molecule has 0 aliphatic carbocycles. The molecule has 4 rings (SSSR count). The smallest absolute Gasteiger partial charge is 0.226 e. The predicted molar refractivity (Wildman–Crippen MR) is 87.6 cm³/mol. The molecule has 1 N–H and O–H groups in total. The van der Waals surface area contributed by atoms with Crippen LogP contribution in [0.1, 0.15) is 41.6 Å². The molecule has 2 aromatic heterocycles. The number of nitrogens with zero attached hydrogens (tertiary/aromatic N) is 4. The van der Waals surface area contributed by atoms with Crippen LogP contribution in [0.2, 0.25) is 0 Å². The van der Waals surface area contributed by atoms with Crippen LogP contribution in [0, 0.1) is 6.92 Å². The second-order valence-corrected chi connectivity index (χ2v) is 8.83. The van der Waals surface area contributed by atoms with Gasteiger partial charge in [0.1, 0.15) is 5.82 Å². The molecular weight excluding hydrogens is 330 g/mol. The van der Waals surface area contributed by atoms with Gasteiger partial charge in [0.15, 0.2) is 9.84 Å². The number of aryl methyl sites for hydroxylation is 2. The van der Waals surface area contributed by atoms with Gasteiger partial charge in [-0.2, -0.15) is 10.2 Å². The number of nitrogens with one attached hydrogen (secondary N) is 1. The zero-order valence-corrected chi connectivity index (χ0v) is 14.4. The topological polar surface area (TPSA) is 98.9 Å². The van der Waals surface area contributed by atoms with Crippen molar-refractivity contribution < 1.29 is 13.2 Å². The van der Waals surface area contributed by atoms with Crippen molar-refractivity contribution >= 4 is 21.6 Å². The van der Waals surface area contributed by atoms with Gasteiger partial charge in [-0.15, -0.1) is 0 Å². The maximum absolute atomic E-state index is 12.2. The van der Waals surface area contributed by atoms with Crippen LogP contribution in [-0.2, 0) is 21.7 Å². The molecule has 1 saturated heterocycles. The summed E-state index contributed by atoms with van der Waals surface area (Å²) in [5, 5.41) is 11.7. The molecule has 8 nitrogen and oxygen atoms in total. The zero-order valence-electron chi connectivity index (χ0n) is 13.6. The third kappa shape index (κ3) is 2.43. The van der Waals surface area contributed by atoms with E-state index in [2.05, 4.69) is 15.5 Å². The first-order valence-corrected chi connectivity index (χ1v) is 9.74. The maximum atomic E-state index is 12.2. The molecule has 0 spiro atoms. The van der Waals surface area contributed by atoms with E-state index in [1.165, 1.54) is 0 Å². The number of hydrogen-bond donors (Lipinski definition) is 1. The molecule has 128 valence electrons. The monoisotopic (exact) mass is 349 g/mol. The summed E-state index contributed by atoms with van der Waals surface area (Å²) in [5.74, 6) is 0.700. The van der Waals surface area contributed by atoms with Gasteiger partial charge in [0.25, 0.3) is 0 Å². The largest absolute Gasteiger partial charge is 0.311 e. The highest BCUT2D eigenvalue weighted by atomic mass is 32.2. The van der Waals surface area contributed by atoms with Crippen molar-refractivity contribution in [1.82, 2.24) is 19.6 Å². The highest BCUT2D eigenvalue weighted by molar-refractivity contribution is 7.91. The van der Waals surface area contributed by atoms with E-state index in [9.17, 15) is 13.2 Å². The molecule has 1 fully saturated rings. The second kappa shape index (κ2) is 5.17. The normalized spacial score (nSPS) is 25.5. The van der Waals surface area contributed by atoms with E-state index in [4.69, 9.17) is 0 Å². The Morgan fingerprint density at radius 1 is 1.38 bits per heavy atom. The lowest BCUT2D eigenvalue weighted by atomic mass is 9.87. The molecule has 0 saturated carbocycles. The molecule has 4 heterocycles. The number of carbonyl (C=O) groups is 1. The number of sulfone groups is 1. The Balaban J connectivity index is 1.80. The Bertz CT molecular complexity index is 927. The van der Waals surface area contributed by atoms with Crippen LogP contribution >= 0.6 is 0 Å². The van der Waals surface area contributed by atoms with E-state index in [1.54, 1.807) is 15.6 Å². The van der Waals surface area contributed by atoms with Gasteiger partial charge in [-0.05, 0) is 18.9 Å². The first-order valence-electron chi connectivity index (χ1n) is 7.92. The SMILES string of the molecule is Cc1nn([C@H]2CCS(=O)(=O)C2)c2c1[C@H](c1cnn(C)c1)CC(=O)N2. The fraction of sp³-hybridized carbons (Fsp3) is 0.533. The van der Waals surface area contributed by atoms with Crippen molar-refractivity contribution in [1.29, 1.82) is 0 Å². The Hall–Kier alpha value is -2.16. The minimum absolute atomic E-state index is 0.0774. The van der Waals surface area contributed by atoms with Gasteiger partial charge >= 0.3 is 0 Å².